The van der Waals surface area contributed by atoms with Crippen molar-refractivity contribution in [3.8, 4) is 0 Å². The molecule has 3 heterocycles. The summed E-state index contributed by atoms with van der Waals surface area (Å²) in [6.07, 6.45) is 3.11. The number of aromatic nitrogens is 2. The number of nitrogens with one attached hydrogen (secondary N) is 7. The number of carbonyl (C=O) groups is 7. The van der Waals surface area contributed by atoms with Crippen molar-refractivity contribution >= 4 is 57.8 Å². The smallest absolute Gasteiger partial charge is 0.249 e. The van der Waals surface area contributed by atoms with Crippen LogP contribution in [-0.2, 0) is 59.4 Å². The van der Waals surface area contributed by atoms with Gasteiger partial charge in [0.25, 0.3) is 0 Å². The van der Waals surface area contributed by atoms with E-state index < -0.39 is 82.7 Å². The zero-order chi connectivity index (χ0) is 54.4. The maximum atomic E-state index is 15.2. The Kier molecular flexibility index (Phi) is 17.9. The first-order chi connectivity index (χ1) is 35.6. The zero-order valence-electron chi connectivity index (χ0n) is 44.9. The highest BCUT2D eigenvalue weighted by Crippen LogP contribution is 2.38. The molecule has 18 nitrogen and oxygen atoms in total. The van der Waals surface area contributed by atoms with Crippen LogP contribution in [-0.4, -0.2) is 124 Å². The van der Waals surface area contributed by atoms with E-state index >= 15 is 9.59 Å². The van der Waals surface area contributed by atoms with E-state index in [9.17, 15) is 24.0 Å². The first-order valence-electron chi connectivity index (χ1n) is 26.0. The number of rotatable bonds is 17. The van der Waals surface area contributed by atoms with Crippen LogP contribution in [0.15, 0.2) is 78.3 Å². The van der Waals surface area contributed by atoms with Gasteiger partial charge in [-0.3, -0.25) is 38.9 Å². The van der Waals surface area contributed by atoms with Gasteiger partial charge in [0.1, 0.15) is 35.7 Å². The molecule has 1 saturated heterocycles. The molecule has 7 N–H and O–H groups in total. The highest BCUT2D eigenvalue weighted by Gasteiger charge is 2.47. The van der Waals surface area contributed by atoms with Crippen LogP contribution >= 0.6 is 11.3 Å². The second-order valence-corrected chi connectivity index (χ2v) is 23.3. The largest absolute Gasteiger partial charge is 0.347 e. The second-order valence-electron chi connectivity index (χ2n) is 22.4. The molecule has 3 aromatic carbocycles. The van der Waals surface area contributed by atoms with E-state index in [4.69, 9.17) is 0 Å². The van der Waals surface area contributed by atoms with Gasteiger partial charge in [0.05, 0.1) is 18.1 Å². The fourth-order valence-electron chi connectivity index (χ4n) is 10.2. The molecule has 0 spiro atoms. The Morgan fingerprint density at radius 2 is 1.33 bits per heavy atom. The molecule has 402 valence electrons. The molecule has 75 heavy (non-hydrogen) atoms. The van der Waals surface area contributed by atoms with E-state index in [0.29, 0.717) is 0 Å². The SMILES string of the molecule is CN[C@@H](C)C(=O)N[C@H](C(=O)N1C[C@@H](c2ccc3c(c2)CN(C(=O)[C@@H](NC(=O)[C@H](C)NC)C(C)(C)C)[C@H](C(=O)N[C@@H]2CCCc4ccccc42)C3)C[C@H]1C(=O)N[C@@H](Cc1ccccc1)C(=O)Nc1nncs1)C(C)(C)C. The minimum absolute atomic E-state index is 0.0529. The molecule has 7 amide bonds. The molecule has 1 fully saturated rings. The van der Waals surface area contributed by atoms with Crippen LogP contribution in [0.3, 0.4) is 0 Å². The van der Waals surface area contributed by atoms with E-state index in [2.05, 4.69) is 53.5 Å². The van der Waals surface area contributed by atoms with Gasteiger partial charge in [-0.15, -0.1) is 10.2 Å². The molecule has 1 aromatic heterocycles. The molecule has 4 aromatic rings. The Labute approximate surface area is 444 Å². The van der Waals surface area contributed by atoms with E-state index in [1.807, 2.05) is 108 Å². The Hall–Kier alpha value is -6.57. The zero-order valence-corrected chi connectivity index (χ0v) is 45.7. The van der Waals surface area contributed by atoms with E-state index in [0.717, 1.165) is 58.4 Å². The van der Waals surface area contributed by atoms with Crippen LogP contribution in [0.2, 0.25) is 0 Å². The summed E-state index contributed by atoms with van der Waals surface area (Å²) in [5.74, 6) is -3.32. The molecule has 2 aliphatic heterocycles. The molecule has 0 saturated carbocycles. The third kappa shape index (κ3) is 13.5. The van der Waals surface area contributed by atoms with Crippen molar-refractivity contribution < 1.29 is 33.6 Å². The van der Waals surface area contributed by atoms with Crippen molar-refractivity contribution in [3.63, 3.8) is 0 Å². The summed E-state index contributed by atoms with van der Waals surface area (Å²) in [6, 6.07) is 16.8. The fourth-order valence-corrected chi connectivity index (χ4v) is 10.7. The van der Waals surface area contributed by atoms with Gasteiger partial charge in [-0.2, -0.15) is 0 Å². The van der Waals surface area contributed by atoms with Gasteiger partial charge < -0.3 is 41.7 Å². The lowest BCUT2D eigenvalue weighted by atomic mass is 9.83. The summed E-state index contributed by atoms with van der Waals surface area (Å²) in [4.78, 5) is 104. The number of hydrogen-bond acceptors (Lipinski definition) is 12. The van der Waals surface area contributed by atoms with Crippen molar-refractivity contribution in [2.45, 2.75) is 155 Å². The number of likely N-dealkylation sites (tertiary alicyclic amines) is 1. The average molecular weight is 1050 g/mol. The van der Waals surface area contributed by atoms with Crippen molar-refractivity contribution in [1.29, 1.82) is 0 Å². The van der Waals surface area contributed by atoms with Crippen molar-refractivity contribution in [2.24, 2.45) is 10.8 Å². The quantitative estimate of drug-likeness (QED) is 0.0787. The van der Waals surface area contributed by atoms with Gasteiger partial charge in [0, 0.05) is 31.8 Å². The van der Waals surface area contributed by atoms with Crippen LogP contribution in [0, 0.1) is 10.8 Å². The minimum atomic E-state index is -1.07. The summed E-state index contributed by atoms with van der Waals surface area (Å²) < 4.78 is 0. The first kappa shape index (κ1) is 56.2. The van der Waals surface area contributed by atoms with Gasteiger partial charge in [0.2, 0.25) is 46.5 Å². The third-order valence-electron chi connectivity index (χ3n) is 14.9. The van der Waals surface area contributed by atoms with Crippen LogP contribution in [0.25, 0.3) is 0 Å². The van der Waals surface area contributed by atoms with Crippen LogP contribution in [0.5, 0.6) is 0 Å². The molecule has 0 radical (unpaired) electrons. The Bertz CT molecular complexity index is 2710. The molecule has 9 atom stereocenters. The summed E-state index contributed by atoms with van der Waals surface area (Å²) in [7, 11) is 3.33. The number of hydrogen-bond donors (Lipinski definition) is 7. The van der Waals surface area contributed by atoms with Crippen LogP contribution < -0.4 is 37.2 Å². The van der Waals surface area contributed by atoms with Gasteiger partial charge in [0.15, 0.2) is 0 Å². The molecule has 3 aliphatic rings. The number of carbonyl (C=O) groups excluding carboxylic acids is 7. The fraction of sp³-hybridized carbons (Fsp3) is 0.518. The van der Waals surface area contributed by atoms with E-state index in [1.54, 1.807) is 32.8 Å². The number of likely N-dealkylation sites (N-methyl/N-ethyl adjacent to an activating group) is 2. The molecule has 19 heteroatoms. The van der Waals surface area contributed by atoms with E-state index in [-0.39, 0.29) is 61.2 Å². The van der Waals surface area contributed by atoms with Gasteiger partial charge >= 0.3 is 0 Å². The Morgan fingerprint density at radius 3 is 1.95 bits per heavy atom. The van der Waals surface area contributed by atoms with Crippen molar-refractivity contribution in [1.82, 2.24) is 51.9 Å². The summed E-state index contributed by atoms with van der Waals surface area (Å²) in [6.45, 7) is 14.8. The van der Waals surface area contributed by atoms with Crippen LogP contribution in [0.1, 0.15) is 120 Å². The lowest BCUT2D eigenvalue weighted by molar-refractivity contribution is -0.147. The summed E-state index contributed by atoms with van der Waals surface area (Å²) >= 11 is 1.14. The predicted molar refractivity (Wildman–Crippen MR) is 288 cm³/mol. The number of amides is 7. The number of nitrogens with zero attached hydrogens (tertiary/aromatic N) is 4. The maximum Gasteiger partial charge on any atom is 0.249 e. The second kappa shape index (κ2) is 24.0. The number of anilines is 1. The maximum absolute atomic E-state index is 15.2. The minimum Gasteiger partial charge on any atom is -0.347 e. The third-order valence-corrected chi connectivity index (χ3v) is 15.6. The molecular weight excluding hydrogens is 971 g/mol. The molecular formula is C56H75N11O7S. The summed E-state index contributed by atoms with van der Waals surface area (Å²) in [5, 5.41) is 29.0. The number of fused-ring (bicyclic) bond motifs is 2. The van der Waals surface area contributed by atoms with Crippen molar-refractivity contribution in [2.75, 3.05) is 26.0 Å². The predicted octanol–water partition coefficient (Wildman–Crippen LogP) is 4.31. The normalized spacial score (nSPS) is 20.5. The van der Waals surface area contributed by atoms with Gasteiger partial charge in [-0.05, 0) is 97.8 Å². The molecule has 0 bridgehead atoms. The van der Waals surface area contributed by atoms with Crippen LogP contribution in [0.4, 0.5) is 5.13 Å². The van der Waals surface area contributed by atoms with Crippen molar-refractivity contribution in [3.05, 3.63) is 112 Å². The van der Waals surface area contributed by atoms with E-state index in [1.165, 1.54) is 16.0 Å². The summed E-state index contributed by atoms with van der Waals surface area (Å²) in [5.41, 5.74) is 5.48. The lowest BCUT2D eigenvalue weighted by Gasteiger charge is -2.42. The molecule has 7 rings (SSSR count). The lowest BCUT2D eigenvalue weighted by Crippen LogP contribution is -2.62. The topological polar surface area (TPSA) is 236 Å². The molecule has 0 unspecified atom stereocenters. The highest BCUT2D eigenvalue weighted by atomic mass is 32.1. The first-order valence-corrected chi connectivity index (χ1v) is 26.9. The highest BCUT2D eigenvalue weighted by molar-refractivity contribution is 7.13. The Morgan fingerprint density at radius 1 is 0.707 bits per heavy atom. The molecule has 1 aliphatic carbocycles. The standard InChI is InChI=1S/C56H75N11O7S/c1-32(57-9)47(68)62-45(55(3,4)5)52(73)66-29-38-26-36(23-24-37(38)27-43(66)50(71)60-41-22-16-20-35-19-14-15-21-40(35)41)39-28-44(67(30-39)53(74)46(56(6,7)8)63-48(69)33(2)58-10)51(72)61-42(25-34-17-12-11-13-18-34)49(70)64-54-65-59-31-75-54/h11-15,17-19,21,23-24,26,31-33,39,41-46,57-58H,16,20,22,25,27-30H2,1-10H3,(H,60,71)(H,61,72)(H,62,68)(H,63,69)(H,64,65,70)/t32-,33-,39-,41+,42-,43-,44-,45+,46+/m0/s1. The van der Waals surface area contributed by atoms with Gasteiger partial charge in [-0.1, -0.05) is 126 Å². The average Bonchev–Trinajstić information content (AvgIpc) is 4.08. The number of aryl methyl sites for hydroxylation is 1. The monoisotopic (exact) mass is 1050 g/mol. The Balaban J connectivity index is 1.23. The number of benzene rings is 3. The van der Waals surface area contributed by atoms with Gasteiger partial charge in [-0.25, -0.2) is 0 Å².